The third-order valence-corrected chi connectivity index (χ3v) is 2.47. The van der Waals surface area contributed by atoms with Gasteiger partial charge in [-0.2, -0.15) is 0 Å². The van der Waals surface area contributed by atoms with Crippen LogP contribution in [-0.2, 0) is 0 Å². The Bertz CT molecular complexity index is 586. The fourth-order valence-corrected chi connectivity index (χ4v) is 1.55. The molecule has 1 amide bonds. The number of nitrogens with one attached hydrogen (secondary N) is 1. The Hall–Kier alpha value is -2.01. The zero-order valence-corrected chi connectivity index (χ0v) is 10.2. The summed E-state index contributed by atoms with van der Waals surface area (Å²) in [5.74, 6) is -0.918. The van der Waals surface area contributed by atoms with E-state index in [2.05, 4.69) is 15.3 Å². The van der Waals surface area contributed by atoms with Crippen molar-refractivity contribution in [1.82, 2.24) is 9.97 Å². The topological polar surface area (TPSA) is 54.9 Å². The molecule has 18 heavy (non-hydrogen) atoms. The summed E-state index contributed by atoms with van der Waals surface area (Å²) in [6, 6.07) is 5.70. The number of rotatable bonds is 2. The molecule has 6 heteroatoms. The molecule has 4 nitrogen and oxygen atoms in total. The van der Waals surface area contributed by atoms with Gasteiger partial charge in [-0.3, -0.25) is 4.79 Å². The molecule has 0 saturated carbocycles. The normalized spacial score (nSPS) is 10.2. The molecular formula is C12H9ClFN3O. The van der Waals surface area contributed by atoms with Crippen molar-refractivity contribution in [2.24, 2.45) is 0 Å². The van der Waals surface area contributed by atoms with Crippen LogP contribution in [-0.4, -0.2) is 15.9 Å². The zero-order chi connectivity index (χ0) is 13.1. The van der Waals surface area contributed by atoms with Crippen molar-refractivity contribution in [3.63, 3.8) is 0 Å². The number of carbonyl (C=O) groups is 1. The van der Waals surface area contributed by atoms with Crippen molar-refractivity contribution in [2.75, 3.05) is 5.32 Å². The van der Waals surface area contributed by atoms with Crippen LogP contribution >= 0.6 is 11.6 Å². The second-order valence-corrected chi connectivity index (χ2v) is 3.97. The maximum Gasteiger partial charge on any atom is 0.274 e. The maximum atomic E-state index is 12.7. The molecule has 2 aromatic heterocycles. The molecule has 0 bridgehead atoms. The van der Waals surface area contributed by atoms with Crippen molar-refractivity contribution in [3.8, 4) is 0 Å². The summed E-state index contributed by atoms with van der Waals surface area (Å²) in [7, 11) is 0. The standard InChI is InChI=1S/C12H9ClFN3O/c1-7-9(4-5-11(13)16-7)17-12(18)10-3-2-8(14)6-15-10/h2-6H,1H3,(H,17,18). The Morgan fingerprint density at radius 2 is 2.11 bits per heavy atom. The van der Waals surface area contributed by atoms with Gasteiger partial charge in [-0.25, -0.2) is 14.4 Å². The Labute approximate surface area is 108 Å². The quantitative estimate of drug-likeness (QED) is 0.850. The highest BCUT2D eigenvalue weighted by molar-refractivity contribution is 6.29. The second-order valence-electron chi connectivity index (χ2n) is 3.58. The summed E-state index contributed by atoms with van der Waals surface area (Å²) in [4.78, 5) is 19.5. The van der Waals surface area contributed by atoms with Crippen LogP contribution in [0.4, 0.5) is 10.1 Å². The first-order valence-corrected chi connectivity index (χ1v) is 5.50. The molecule has 2 rings (SSSR count). The van der Waals surface area contributed by atoms with Gasteiger partial charge in [0.25, 0.3) is 5.91 Å². The summed E-state index contributed by atoms with van der Waals surface area (Å²) < 4.78 is 12.7. The molecule has 0 aromatic carbocycles. The van der Waals surface area contributed by atoms with Crippen LogP contribution in [0.2, 0.25) is 5.15 Å². The predicted octanol–water partition coefficient (Wildman–Crippen LogP) is 2.83. The van der Waals surface area contributed by atoms with Gasteiger partial charge < -0.3 is 5.32 Å². The van der Waals surface area contributed by atoms with Crippen LogP contribution in [0.5, 0.6) is 0 Å². The summed E-state index contributed by atoms with van der Waals surface area (Å²) in [5.41, 5.74) is 1.26. The van der Waals surface area contributed by atoms with E-state index in [0.29, 0.717) is 16.5 Å². The number of anilines is 1. The van der Waals surface area contributed by atoms with E-state index >= 15 is 0 Å². The SMILES string of the molecule is Cc1nc(Cl)ccc1NC(=O)c1ccc(F)cn1. The van der Waals surface area contributed by atoms with E-state index in [1.165, 1.54) is 12.1 Å². The van der Waals surface area contributed by atoms with Gasteiger partial charge in [-0.15, -0.1) is 0 Å². The van der Waals surface area contributed by atoms with Gasteiger partial charge >= 0.3 is 0 Å². The van der Waals surface area contributed by atoms with Crippen molar-refractivity contribution >= 4 is 23.2 Å². The van der Waals surface area contributed by atoms with E-state index in [0.717, 1.165) is 6.20 Å². The number of carbonyl (C=O) groups excluding carboxylic acids is 1. The summed E-state index contributed by atoms with van der Waals surface area (Å²) in [6.45, 7) is 1.72. The van der Waals surface area contributed by atoms with Crippen LogP contribution in [0.25, 0.3) is 0 Å². The first kappa shape index (κ1) is 12.4. The number of halogens is 2. The first-order valence-electron chi connectivity index (χ1n) is 5.12. The molecule has 0 aliphatic rings. The van der Waals surface area contributed by atoms with Gasteiger partial charge in [-0.05, 0) is 31.2 Å². The lowest BCUT2D eigenvalue weighted by atomic mass is 10.3. The molecule has 0 radical (unpaired) electrons. The van der Waals surface area contributed by atoms with Gasteiger partial charge in [-0.1, -0.05) is 11.6 Å². The molecule has 0 aliphatic carbocycles. The van der Waals surface area contributed by atoms with E-state index < -0.39 is 11.7 Å². The largest absolute Gasteiger partial charge is 0.319 e. The number of nitrogens with zero attached hydrogens (tertiary/aromatic N) is 2. The average molecular weight is 266 g/mol. The third kappa shape index (κ3) is 2.81. The van der Waals surface area contributed by atoms with Crippen LogP contribution in [0, 0.1) is 12.7 Å². The van der Waals surface area contributed by atoms with Crippen molar-refractivity contribution < 1.29 is 9.18 Å². The van der Waals surface area contributed by atoms with Gasteiger partial charge in [0.1, 0.15) is 16.7 Å². The number of hydrogen-bond acceptors (Lipinski definition) is 3. The van der Waals surface area contributed by atoms with E-state index in [9.17, 15) is 9.18 Å². The van der Waals surface area contributed by atoms with Crippen LogP contribution < -0.4 is 5.32 Å². The summed E-state index contributed by atoms with van der Waals surface area (Å²) >= 11 is 5.71. The second kappa shape index (κ2) is 5.10. The van der Waals surface area contributed by atoms with E-state index in [1.807, 2.05) is 0 Å². The van der Waals surface area contributed by atoms with E-state index in [4.69, 9.17) is 11.6 Å². The van der Waals surface area contributed by atoms with Crippen molar-refractivity contribution in [2.45, 2.75) is 6.92 Å². The fourth-order valence-electron chi connectivity index (χ4n) is 1.36. The van der Waals surface area contributed by atoms with Crippen LogP contribution in [0.15, 0.2) is 30.5 Å². The number of aryl methyl sites for hydroxylation is 1. The Balaban J connectivity index is 2.18. The fraction of sp³-hybridized carbons (Fsp3) is 0.0833. The first-order chi connectivity index (χ1) is 8.56. The number of amides is 1. The Morgan fingerprint density at radius 3 is 2.72 bits per heavy atom. The molecule has 1 N–H and O–H groups in total. The molecule has 92 valence electrons. The van der Waals surface area contributed by atoms with Crippen molar-refractivity contribution in [1.29, 1.82) is 0 Å². The monoisotopic (exact) mass is 265 g/mol. The number of aromatic nitrogens is 2. The molecule has 0 unspecified atom stereocenters. The van der Waals surface area contributed by atoms with Crippen LogP contribution in [0.3, 0.4) is 0 Å². The molecule has 0 spiro atoms. The number of pyridine rings is 2. The molecule has 0 fully saturated rings. The van der Waals surface area contributed by atoms with E-state index in [-0.39, 0.29) is 5.69 Å². The predicted molar refractivity (Wildman–Crippen MR) is 66.1 cm³/mol. The molecular weight excluding hydrogens is 257 g/mol. The minimum Gasteiger partial charge on any atom is -0.319 e. The van der Waals surface area contributed by atoms with E-state index in [1.54, 1.807) is 19.1 Å². The molecule has 2 heterocycles. The Morgan fingerprint density at radius 1 is 1.33 bits per heavy atom. The smallest absolute Gasteiger partial charge is 0.274 e. The molecule has 0 atom stereocenters. The summed E-state index contributed by atoms with van der Waals surface area (Å²) in [5, 5.41) is 2.98. The van der Waals surface area contributed by atoms with Crippen LogP contribution in [0.1, 0.15) is 16.2 Å². The molecule has 0 saturated heterocycles. The number of hydrogen-bond donors (Lipinski definition) is 1. The van der Waals surface area contributed by atoms with Gasteiger partial charge in [0, 0.05) is 0 Å². The zero-order valence-electron chi connectivity index (χ0n) is 9.45. The maximum absolute atomic E-state index is 12.7. The third-order valence-electron chi connectivity index (χ3n) is 2.26. The van der Waals surface area contributed by atoms with Gasteiger partial charge in [0.15, 0.2) is 0 Å². The highest BCUT2D eigenvalue weighted by atomic mass is 35.5. The average Bonchev–Trinajstić information content (AvgIpc) is 2.33. The minimum atomic E-state index is -0.490. The highest BCUT2D eigenvalue weighted by Gasteiger charge is 2.09. The van der Waals surface area contributed by atoms with Gasteiger partial charge in [0.2, 0.25) is 0 Å². The minimum absolute atomic E-state index is 0.130. The molecule has 2 aromatic rings. The highest BCUT2D eigenvalue weighted by Crippen LogP contribution is 2.16. The molecule has 0 aliphatic heterocycles. The lowest BCUT2D eigenvalue weighted by molar-refractivity contribution is 0.102. The summed E-state index contributed by atoms with van der Waals surface area (Å²) in [6.07, 6.45) is 0.988. The van der Waals surface area contributed by atoms with Gasteiger partial charge in [0.05, 0.1) is 17.6 Å². The Kier molecular flexibility index (Phi) is 3.53. The lowest BCUT2D eigenvalue weighted by Gasteiger charge is -2.07. The lowest BCUT2D eigenvalue weighted by Crippen LogP contribution is -2.14. The van der Waals surface area contributed by atoms with Crippen molar-refractivity contribution in [3.05, 3.63) is 52.8 Å².